The lowest BCUT2D eigenvalue weighted by molar-refractivity contribution is 0.548. The Bertz CT molecular complexity index is 611. The fourth-order valence-corrected chi connectivity index (χ4v) is 1.98. The third-order valence-electron chi connectivity index (χ3n) is 2.64. The number of halogens is 4. The maximum absolute atomic E-state index is 13.6. The number of aromatic nitrogens is 2. The van der Waals surface area contributed by atoms with Gasteiger partial charge < -0.3 is 5.32 Å². The highest BCUT2D eigenvalue weighted by molar-refractivity contribution is 6.30. The third-order valence-corrected chi connectivity index (χ3v) is 2.97. The minimum absolute atomic E-state index is 0.205. The second-order valence-corrected chi connectivity index (χ2v) is 4.47. The lowest BCUT2D eigenvalue weighted by atomic mass is 10.2. The summed E-state index contributed by atoms with van der Waals surface area (Å²) in [6, 6.07) is 1.18. The van der Waals surface area contributed by atoms with E-state index < -0.39 is 23.1 Å². The van der Waals surface area contributed by atoms with Gasteiger partial charge in [0.25, 0.3) is 0 Å². The SMILES string of the molecule is CCCc1c(Cl)ncnc1Nc1c(F)cc(F)cc1F. The number of hydrogen-bond donors (Lipinski definition) is 1. The summed E-state index contributed by atoms with van der Waals surface area (Å²) < 4.78 is 40.0. The Kier molecular flexibility index (Phi) is 4.44. The standard InChI is InChI=1S/C13H11ClF3N3/c1-2-3-8-12(14)18-6-19-13(8)20-11-9(16)4-7(15)5-10(11)17/h4-6H,2-3H2,1H3,(H,18,19,20). The number of nitrogens with one attached hydrogen (secondary N) is 1. The van der Waals surface area contributed by atoms with Crippen molar-refractivity contribution in [3.8, 4) is 0 Å². The monoisotopic (exact) mass is 301 g/mol. The quantitative estimate of drug-likeness (QED) is 0.858. The first-order chi connectivity index (χ1) is 9.52. The van der Waals surface area contributed by atoms with Crippen molar-refractivity contribution in [3.63, 3.8) is 0 Å². The molecular formula is C13H11ClF3N3. The van der Waals surface area contributed by atoms with E-state index in [1.54, 1.807) is 0 Å². The van der Waals surface area contributed by atoms with Crippen molar-refractivity contribution in [2.75, 3.05) is 5.32 Å². The highest BCUT2D eigenvalue weighted by atomic mass is 35.5. The average molecular weight is 302 g/mol. The second-order valence-electron chi connectivity index (χ2n) is 4.11. The molecule has 0 aliphatic heterocycles. The highest BCUT2D eigenvalue weighted by Crippen LogP contribution is 2.28. The van der Waals surface area contributed by atoms with Gasteiger partial charge >= 0.3 is 0 Å². The van der Waals surface area contributed by atoms with E-state index in [9.17, 15) is 13.2 Å². The molecule has 0 fully saturated rings. The van der Waals surface area contributed by atoms with Crippen molar-refractivity contribution in [2.45, 2.75) is 19.8 Å². The van der Waals surface area contributed by atoms with E-state index in [-0.39, 0.29) is 11.0 Å². The maximum atomic E-state index is 13.6. The van der Waals surface area contributed by atoms with Crippen LogP contribution in [0.4, 0.5) is 24.7 Å². The van der Waals surface area contributed by atoms with Crippen molar-refractivity contribution >= 4 is 23.1 Å². The molecule has 1 aromatic carbocycles. The van der Waals surface area contributed by atoms with Crippen molar-refractivity contribution in [1.82, 2.24) is 9.97 Å². The Morgan fingerprint density at radius 2 is 1.80 bits per heavy atom. The van der Waals surface area contributed by atoms with Gasteiger partial charge in [-0.05, 0) is 6.42 Å². The van der Waals surface area contributed by atoms with Gasteiger partial charge in [0.1, 0.15) is 28.8 Å². The summed E-state index contributed by atoms with van der Waals surface area (Å²) in [6.07, 6.45) is 2.49. The molecular weight excluding hydrogens is 291 g/mol. The normalized spacial score (nSPS) is 10.7. The molecule has 0 unspecified atom stereocenters. The minimum atomic E-state index is -1.04. The Balaban J connectivity index is 2.43. The van der Waals surface area contributed by atoms with Crippen LogP contribution in [-0.4, -0.2) is 9.97 Å². The zero-order chi connectivity index (χ0) is 14.7. The largest absolute Gasteiger partial charge is 0.335 e. The Hall–Kier alpha value is -1.82. The molecule has 2 aromatic rings. The zero-order valence-electron chi connectivity index (χ0n) is 10.6. The number of hydrogen-bond acceptors (Lipinski definition) is 3. The van der Waals surface area contributed by atoms with Crippen LogP contribution >= 0.6 is 11.6 Å². The molecule has 0 saturated heterocycles. The summed E-state index contributed by atoms with van der Waals surface area (Å²) in [7, 11) is 0. The first-order valence-electron chi connectivity index (χ1n) is 5.93. The van der Waals surface area contributed by atoms with Crippen LogP contribution in [0.2, 0.25) is 5.15 Å². The predicted octanol–water partition coefficient (Wildman–Crippen LogP) is 4.24. The molecule has 2 rings (SSSR count). The van der Waals surface area contributed by atoms with Crippen molar-refractivity contribution < 1.29 is 13.2 Å². The van der Waals surface area contributed by atoms with Gasteiger partial charge in [-0.15, -0.1) is 0 Å². The molecule has 1 heterocycles. The molecule has 7 heteroatoms. The molecule has 3 nitrogen and oxygen atoms in total. The van der Waals surface area contributed by atoms with Gasteiger partial charge in [0.15, 0.2) is 11.6 Å². The summed E-state index contributed by atoms with van der Waals surface area (Å²) in [5, 5.41) is 2.72. The topological polar surface area (TPSA) is 37.8 Å². The van der Waals surface area contributed by atoms with E-state index in [1.807, 2.05) is 6.92 Å². The lowest BCUT2D eigenvalue weighted by Gasteiger charge is -2.12. The molecule has 20 heavy (non-hydrogen) atoms. The smallest absolute Gasteiger partial charge is 0.152 e. The van der Waals surface area contributed by atoms with Crippen LogP contribution in [0.1, 0.15) is 18.9 Å². The number of rotatable bonds is 4. The second kappa shape index (κ2) is 6.09. The molecule has 0 atom stereocenters. The van der Waals surface area contributed by atoms with E-state index in [0.717, 1.165) is 6.42 Å². The Labute approximate surface area is 118 Å². The first-order valence-corrected chi connectivity index (χ1v) is 6.31. The fraction of sp³-hybridized carbons (Fsp3) is 0.231. The van der Waals surface area contributed by atoms with Crippen LogP contribution in [0, 0.1) is 17.5 Å². The van der Waals surface area contributed by atoms with Crippen molar-refractivity contribution in [2.24, 2.45) is 0 Å². The van der Waals surface area contributed by atoms with Crippen LogP contribution in [0.15, 0.2) is 18.5 Å². The first kappa shape index (κ1) is 14.6. The molecule has 1 N–H and O–H groups in total. The van der Waals surface area contributed by atoms with Crippen molar-refractivity contribution in [1.29, 1.82) is 0 Å². The fourth-order valence-electron chi connectivity index (χ4n) is 1.75. The average Bonchev–Trinajstić information content (AvgIpc) is 2.37. The van der Waals surface area contributed by atoms with Gasteiger partial charge in [0, 0.05) is 17.7 Å². The van der Waals surface area contributed by atoms with Crippen molar-refractivity contribution in [3.05, 3.63) is 46.6 Å². The molecule has 0 amide bonds. The van der Waals surface area contributed by atoms with E-state index in [4.69, 9.17) is 11.6 Å². The number of anilines is 2. The Morgan fingerprint density at radius 1 is 1.15 bits per heavy atom. The summed E-state index contributed by atoms with van der Waals surface area (Å²) in [5.74, 6) is -2.87. The molecule has 0 saturated carbocycles. The van der Waals surface area contributed by atoms with Gasteiger partial charge in [-0.25, -0.2) is 23.1 Å². The maximum Gasteiger partial charge on any atom is 0.152 e. The van der Waals surface area contributed by atoms with Crippen LogP contribution in [0.5, 0.6) is 0 Å². The highest BCUT2D eigenvalue weighted by Gasteiger charge is 2.15. The van der Waals surface area contributed by atoms with Gasteiger partial charge in [0.2, 0.25) is 0 Å². The lowest BCUT2D eigenvalue weighted by Crippen LogP contribution is -2.05. The van der Waals surface area contributed by atoms with Gasteiger partial charge in [-0.1, -0.05) is 24.9 Å². The van der Waals surface area contributed by atoms with E-state index in [1.165, 1.54) is 6.33 Å². The number of benzene rings is 1. The predicted molar refractivity (Wildman–Crippen MR) is 70.6 cm³/mol. The molecule has 0 aliphatic carbocycles. The van der Waals surface area contributed by atoms with Crippen LogP contribution < -0.4 is 5.32 Å². The van der Waals surface area contributed by atoms with E-state index >= 15 is 0 Å². The molecule has 0 bridgehead atoms. The van der Waals surface area contributed by atoms with Gasteiger partial charge in [-0.2, -0.15) is 0 Å². The van der Waals surface area contributed by atoms with Crippen LogP contribution in [-0.2, 0) is 6.42 Å². The molecule has 0 spiro atoms. The minimum Gasteiger partial charge on any atom is -0.335 e. The van der Waals surface area contributed by atoms with Gasteiger partial charge in [-0.3, -0.25) is 0 Å². The van der Waals surface area contributed by atoms with Gasteiger partial charge in [0.05, 0.1) is 0 Å². The molecule has 106 valence electrons. The molecule has 0 radical (unpaired) electrons. The summed E-state index contributed by atoms with van der Waals surface area (Å²) in [4.78, 5) is 7.75. The summed E-state index contributed by atoms with van der Waals surface area (Å²) in [5.41, 5.74) is 0.0818. The van der Waals surface area contributed by atoms with Crippen LogP contribution in [0.25, 0.3) is 0 Å². The molecule has 0 aliphatic rings. The third kappa shape index (κ3) is 3.01. The Morgan fingerprint density at radius 3 is 2.40 bits per heavy atom. The van der Waals surface area contributed by atoms with E-state index in [2.05, 4.69) is 15.3 Å². The zero-order valence-corrected chi connectivity index (χ0v) is 11.3. The summed E-state index contributed by atoms with van der Waals surface area (Å²) >= 11 is 5.94. The molecule has 1 aromatic heterocycles. The van der Waals surface area contributed by atoms with E-state index in [0.29, 0.717) is 24.1 Å². The number of nitrogens with zero attached hydrogens (tertiary/aromatic N) is 2. The summed E-state index contributed by atoms with van der Waals surface area (Å²) in [6.45, 7) is 1.92. The van der Waals surface area contributed by atoms with Crippen LogP contribution in [0.3, 0.4) is 0 Å².